The van der Waals surface area contributed by atoms with E-state index in [2.05, 4.69) is 50.4 Å². The average molecular weight is 343 g/mol. The highest BCUT2D eigenvalue weighted by molar-refractivity contribution is 5.78. The van der Waals surface area contributed by atoms with Crippen molar-refractivity contribution in [3.05, 3.63) is 35.4 Å². The third-order valence-corrected chi connectivity index (χ3v) is 6.11. The minimum absolute atomic E-state index is 0.302. The molecule has 3 nitrogen and oxygen atoms in total. The number of likely N-dealkylation sites (tertiary alicyclic amines) is 1. The van der Waals surface area contributed by atoms with Crippen molar-refractivity contribution >= 4 is 5.91 Å². The number of amides is 1. The zero-order chi connectivity index (χ0) is 17.9. The molecule has 2 fully saturated rings. The van der Waals surface area contributed by atoms with Crippen LogP contribution in [0.15, 0.2) is 24.3 Å². The summed E-state index contributed by atoms with van der Waals surface area (Å²) in [5.41, 5.74) is 3.04. The quantitative estimate of drug-likeness (QED) is 0.854. The molecule has 1 amide bonds. The van der Waals surface area contributed by atoms with Crippen LogP contribution in [-0.2, 0) is 17.9 Å². The van der Waals surface area contributed by atoms with E-state index in [1.54, 1.807) is 0 Å². The summed E-state index contributed by atoms with van der Waals surface area (Å²) < 4.78 is 0. The van der Waals surface area contributed by atoms with Gasteiger partial charge in [0.05, 0.1) is 0 Å². The van der Waals surface area contributed by atoms with E-state index < -0.39 is 0 Å². The van der Waals surface area contributed by atoms with Gasteiger partial charge in [0.1, 0.15) is 0 Å². The molecule has 0 atom stereocenters. The zero-order valence-corrected chi connectivity index (χ0v) is 16.2. The van der Waals surface area contributed by atoms with E-state index in [1.807, 2.05) is 4.90 Å². The molecule has 3 rings (SSSR count). The Bertz CT molecular complexity index is 565. The Hall–Kier alpha value is -1.35. The van der Waals surface area contributed by atoms with Crippen molar-refractivity contribution in [3.8, 4) is 0 Å². The third kappa shape index (κ3) is 5.07. The van der Waals surface area contributed by atoms with Crippen LogP contribution in [0.1, 0.15) is 70.4 Å². The molecular weight excluding hydrogens is 308 g/mol. The van der Waals surface area contributed by atoms with Gasteiger partial charge >= 0.3 is 0 Å². The molecule has 1 saturated heterocycles. The molecule has 1 aliphatic heterocycles. The molecule has 0 spiro atoms. The minimum Gasteiger partial charge on any atom is -0.338 e. The summed E-state index contributed by atoms with van der Waals surface area (Å²) in [7, 11) is 0. The first-order valence-electron chi connectivity index (χ1n) is 10.0. The molecule has 0 bridgehead atoms. The maximum absolute atomic E-state index is 11.7. The summed E-state index contributed by atoms with van der Waals surface area (Å²) in [6.45, 7) is 9.77. The van der Waals surface area contributed by atoms with Gasteiger partial charge in [0, 0.05) is 32.1 Å². The van der Waals surface area contributed by atoms with Crippen molar-refractivity contribution in [2.75, 3.05) is 6.54 Å². The first-order valence-corrected chi connectivity index (χ1v) is 10.0. The second-order valence-electron chi connectivity index (χ2n) is 9.03. The lowest BCUT2D eigenvalue weighted by Crippen LogP contribution is -2.35. The van der Waals surface area contributed by atoms with Crippen LogP contribution < -0.4 is 5.32 Å². The number of carbonyl (C=O) groups is 1. The van der Waals surface area contributed by atoms with Crippen LogP contribution in [0.5, 0.6) is 0 Å². The van der Waals surface area contributed by atoms with Gasteiger partial charge < -0.3 is 10.2 Å². The zero-order valence-electron chi connectivity index (χ0n) is 16.2. The summed E-state index contributed by atoms with van der Waals surface area (Å²) in [5, 5.41) is 3.74. The Morgan fingerprint density at radius 1 is 1.04 bits per heavy atom. The Kier molecular flexibility index (Phi) is 5.83. The number of hydrogen-bond acceptors (Lipinski definition) is 2. The van der Waals surface area contributed by atoms with E-state index in [4.69, 9.17) is 0 Å². The maximum atomic E-state index is 11.7. The summed E-state index contributed by atoms with van der Waals surface area (Å²) in [6, 6.07) is 9.45. The van der Waals surface area contributed by atoms with Crippen molar-refractivity contribution < 1.29 is 4.79 Å². The summed E-state index contributed by atoms with van der Waals surface area (Å²) >= 11 is 0. The first-order chi connectivity index (χ1) is 11.9. The topological polar surface area (TPSA) is 32.3 Å². The lowest BCUT2D eigenvalue weighted by molar-refractivity contribution is -0.128. The van der Waals surface area contributed by atoms with Gasteiger partial charge in [0.15, 0.2) is 0 Å². The van der Waals surface area contributed by atoms with E-state index in [1.165, 1.54) is 36.8 Å². The van der Waals surface area contributed by atoms with Crippen LogP contribution in [-0.4, -0.2) is 23.4 Å². The van der Waals surface area contributed by atoms with Crippen molar-refractivity contribution in [3.63, 3.8) is 0 Å². The van der Waals surface area contributed by atoms with Crippen LogP contribution in [0.2, 0.25) is 0 Å². The van der Waals surface area contributed by atoms with Gasteiger partial charge in [0.2, 0.25) is 5.91 Å². The third-order valence-electron chi connectivity index (χ3n) is 6.11. The van der Waals surface area contributed by atoms with Crippen LogP contribution in [0.3, 0.4) is 0 Å². The van der Waals surface area contributed by atoms with Crippen molar-refractivity contribution in [2.45, 2.75) is 78.4 Å². The normalized spacial score (nSPS) is 24.8. The molecular formula is C22H34N2O. The molecule has 2 aliphatic rings. The molecule has 0 radical (unpaired) electrons. The van der Waals surface area contributed by atoms with Crippen molar-refractivity contribution in [1.82, 2.24) is 10.2 Å². The first kappa shape index (κ1) is 18.4. The predicted molar refractivity (Wildman–Crippen MR) is 103 cm³/mol. The SMILES string of the molecule is CC(C)(C)C1CCC(NCc2ccc(CN3CCCC3=O)cc2)CC1. The highest BCUT2D eigenvalue weighted by atomic mass is 16.2. The van der Waals surface area contributed by atoms with Gasteiger partial charge in [0.25, 0.3) is 0 Å². The second-order valence-corrected chi connectivity index (χ2v) is 9.03. The monoisotopic (exact) mass is 342 g/mol. The van der Waals surface area contributed by atoms with Crippen molar-refractivity contribution in [1.29, 1.82) is 0 Å². The lowest BCUT2D eigenvalue weighted by atomic mass is 9.71. The van der Waals surface area contributed by atoms with Gasteiger partial charge in [-0.05, 0) is 54.6 Å². The maximum Gasteiger partial charge on any atom is 0.222 e. The lowest BCUT2D eigenvalue weighted by Gasteiger charge is -2.37. The standard InChI is InChI=1S/C22H34N2O/c1-22(2,3)19-10-12-20(13-11-19)23-15-17-6-8-18(9-7-17)16-24-14-4-5-21(24)25/h6-9,19-20,23H,4-5,10-16H2,1-3H3. The largest absolute Gasteiger partial charge is 0.338 e. The summed E-state index contributed by atoms with van der Waals surface area (Å²) in [4.78, 5) is 13.7. The van der Waals surface area contributed by atoms with Crippen LogP contribution in [0, 0.1) is 11.3 Å². The van der Waals surface area contributed by atoms with Gasteiger partial charge in [-0.15, -0.1) is 0 Å². The summed E-state index contributed by atoms with van der Waals surface area (Å²) in [6.07, 6.45) is 7.04. The Balaban J connectivity index is 1.42. The number of carbonyl (C=O) groups excluding carboxylic acids is 1. The Morgan fingerprint density at radius 3 is 2.24 bits per heavy atom. The molecule has 138 valence electrons. The fraction of sp³-hybridized carbons (Fsp3) is 0.682. The minimum atomic E-state index is 0.302. The molecule has 0 unspecified atom stereocenters. The molecule has 1 N–H and O–H groups in total. The van der Waals surface area contributed by atoms with Gasteiger partial charge in [-0.3, -0.25) is 4.79 Å². The number of benzene rings is 1. The molecule has 1 aromatic rings. The average Bonchev–Trinajstić information content (AvgIpc) is 2.99. The van der Waals surface area contributed by atoms with E-state index in [9.17, 15) is 4.79 Å². The van der Waals surface area contributed by atoms with E-state index >= 15 is 0 Å². The fourth-order valence-electron chi connectivity index (χ4n) is 4.28. The molecule has 1 heterocycles. The van der Waals surface area contributed by atoms with Gasteiger partial charge in [-0.2, -0.15) is 0 Å². The number of nitrogens with one attached hydrogen (secondary N) is 1. The highest BCUT2D eigenvalue weighted by Crippen LogP contribution is 2.37. The smallest absolute Gasteiger partial charge is 0.222 e. The van der Waals surface area contributed by atoms with E-state index in [-0.39, 0.29) is 0 Å². The van der Waals surface area contributed by atoms with Crippen LogP contribution in [0.25, 0.3) is 0 Å². The molecule has 1 aliphatic carbocycles. The molecule has 1 aromatic carbocycles. The molecule has 25 heavy (non-hydrogen) atoms. The molecule has 3 heteroatoms. The summed E-state index contributed by atoms with van der Waals surface area (Å²) in [5.74, 6) is 1.18. The van der Waals surface area contributed by atoms with E-state index in [0.717, 1.165) is 38.4 Å². The predicted octanol–water partition coefficient (Wildman–Crippen LogP) is 4.50. The van der Waals surface area contributed by atoms with Gasteiger partial charge in [-0.1, -0.05) is 45.0 Å². The molecule has 1 saturated carbocycles. The number of hydrogen-bond donors (Lipinski definition) is 1. The van der Waals surface area contributed by atoms with Crippen molar-refractivity contribution in [2.24, 2.45) is 11.3 Å². The highest BCUT2D eigenvalue weighted by Gasteiger charge is 2.29. The van der Waals surface area contributed by atoms with E-state index in [0.29, 0.717) is 17.4 Å². The number of nitrogens with zero attached hydrogens (tertiary/aromatic N) is 1. The molecule has 0 aromatic heterocycles. The number of rotatable bonds is 5. The fourth-order valence-corrected chi connectivity index (χ4v) is 4.28. The van der Waals surface area contributed by atoms with Gasteiger partial charge in [-0.25, -0.2) is 0 Å². The second kappa shape index (κ2) is 7.90. The van der Waals surface area contributed by atoms with Crippen LogP contribution in [0.4, 0.5) is 0 Å². The van der Waals surface area contributed by atoms with Crippen LogP contribution >= 0.6 is 0 Å². The Morgan fingerprint density at radius 2 is 1.68 bits per heavy atom. The Labute approximate surface area is 153 Å².